The van der Waals surface area contributed by atoms with Crippen LogP contribution in [0.1, 0.15) is 19.8 Å². The van der Waals surface area contributed by atoms with E-state index in [9.17, 15) is 9.59 Å². The van der Waals surface area contributed by atoms with Crippen LogP contribution in [-0.4, -0.2) is 42.2 Å². The molecule has 0 radical (unpaired) electrons. The zero-order valence-electron chi connectivity index (χ0n) is 8.96. The molecule has 0 unspecified atom stereocenters. The average Bonchev–Trinajstić information content (AvgIpc) is 2.25. The Balaban J connectivity index is 2.35. The van der Waals surface area contributed by atoms with Crippen LogP contribution in [0.5, 0.6) is 0 Å². The Hall–Kier alpha value is -0.770. The van der Waals surface area contributed by atoms with Crippen LogP contribution in [0.4, 0.5) is 0 Å². The Morgan fingerprint density at radius 3 is 2.87 bits per heavy atom. The van der Waals surface area contributed by atoms with Gasteiger partial charge in [-0.15, -0.1) is 11.6 Å². The second-order valence-corrected chi connectivity index (χ2v) is 4.19. The topological polar surface area (TPSA) is 49.4 Å². The van der Waals surface area contributed by atoms with Crippen molar-refractivity contribution < 1.29 is 9.59 Å². The Labute approximate surface area is 95.0 Å². The van der Waals surface area contributed by atoms with Gasteiger partial charge >= 0.3 is 0 Å². The van der Waals surface area contributed by atoms with E-state index in [2.05, 4.69) is 5.32 Å². The number of likely N-dealkylation sites (tertiary alicyclic amines) is 1. The van der Waals surface area contributed by atoms with Crippen molar-refractivity contribution in [1.29, 1.82) is 0 Å². The fourth-order valence-corrected chi connectivity index (χ4v) is 2.00. The number of piperidine rings is 1. The quantitative estimate of drug-likeness (QED) is 0.725. The van der Waals surface area contributed by atoms with Crippen LogP contribution >= 0.6 is 11.6 Å². The van der Waals surface area contributed by atoms with Gasteiger partial charge in [0.05, 0.1) is 0 Å². The molecule has 1 saturated heterocycles. The molecule has 1 aliphatic rings. The summed E-state index contributed by atoms with van der Waals surface area (Å²) in [5.41, 5.74) is 0. The standard InChI is InChI=1S/C10H17ClN2O2/c1-8(14)12-6-9-3-2-4-13(7-9)10(15)5-11/h9H,2-7H2,1H3,(H,12,14)/t9-/m1/s1. The number of halogens is 1. The zero-order valence-corrected chi connectivity index (χ0v) is 9.72. The number of amides is 2. The molecule has 2 amide bonds. The SMILES string of the molecule is CC(=O)NC[C@H]1CCCN(C(=O)CCl)C1. The lowest BCUT2D eigenvalue weighted by Gasteiger charge is -2.32. The number of hydrogen-bond acceptors (Lipinski definition) is 2. The van der Waals surface area contributed by atoms with E-state index in [0.29, 0.717) is 19.0 Å². The summed E-state index contributed by atoms with van der Waals surface area (Å²) in [5, 5.41) is 2.78. The van der Waals surface area contributed by atoms with Crippen LogP contribution in [0.3, 0.4) is 0 Å². The van der Waals surface area contributed by atoms with Gasteiger partial charge in [-0.2, -0.15) is 0 Å². The van der Waals surface area contributed by atoms with Gasteiger partial charge in [-0.3, -0.25) is 9.59 Å². The Morgan fingerprint density at radius 1 is 1.53 bits per heavy atom. The maximum absolute atomic E-state index is 11.4. The van der Waals surface area contributed by atoms with Gasteiger partial charge in [-0.1, -0.05) is 0 Å². The molecule has 1 N–H and O–H groups in total. The summed E-state index contributed by atoms with van der Waals surface area (Å²) < 4.78 is 0. The number of carbonyl (C=O) groups excluding carboxylic acids is 2. The maximum atomic E-state index is 11.4. The molecule has 0 spiro atoms. The lowest BCUT2D eigenvalue weighted by atomic mass is 9.98. The molecule has 0 aromatic rings. The molecule has 4 nitrogen and oxygen atoms in total. The number of carbonyl (C=O) groups is 2. The van der Waals surface area contributed by atoms with Crippen molar-refractivity contribution in [1.82, 2.24) is 10.2 Å². The van der Waals surface area contributed by atoms with E-state index in [4.69, 9.17) is 11.6 Å². The smallest absolute Gasteiger partial charge is 0.237 e. The summed E-state index contributed by atoms with van der Waals surface area (Å²) in [7, 11) is 0. The van der Waals surface area contributed by atoms with Crippen molar-refractivity contribution >= 4 is 23.4 Å². The fraction of sp³-hybridized carbons (Fsp3) is 0.800. The number of nitrogens with one attached hydrogen (secondary N) is 1. The molecular weight excluding hydrogens is 216 g/mol. The van der Waals surface area contributed by atoms with Gasteiger partial charge in [0.2, 0.25) is 11.8 Å². The third-order valence-corrected chi connectivity index (χ3v) is 2.85. The lowest BCUT2D eigenvalue weighted by Crippen LogP contribution is -2.43. The monoisotopic (exact) mass is 232 g/mol. The van der Waals surface area contributed by atoms with Crippen molar-refractivity contribution in [3.63, 3.8) is 0 Å². The van der Waals surface area contributed by atoms with Gasteiger partial charge in [0, 0.05) is 26.6 Å². The largest absolute Gasteiger partial charge is 0.356 e. The number of rotatable bonds is 3. The van der Waals surface area contributed by atoms with Crippen LogP contribution in [0.25, 0.3) is 0 Å². The first-order chi connectivity index (χ1) is 7.13. The van der Waals surface area contributed by atoms with E-state index < -0.39 is 0 Å². The van der Waals surface area contributed by atoms with Crippen molar-refractivity contribution in [2.45, 2.75) is 19.8 Å². The Bertz CT molecular complexity index is 246. The summed E-state index contributed by atoms with van der Waals surface area (Å²) in [6.07, 6.45) is 2.05. The highest BCUT2D eigenvalue weighted by atomic mass is 35.5. The highest BCUT2D eigenvalue weighted by molar-refractivity contribution is 6.27. The number of hydrogen-bond donors (Lipinski definition) is 1. The van der Waals surface area contributed by atoms with Gasteiger partial charge in [0.1, 0.15) is 5.88 Å². The molecule has 0 saturated carbocycles. The number of alkyl halides is 1. The predicted molar refractivity (Wildman–Crippen MR) is 58.7 cm³/mol. The maximum Gasteiger partial charge on any atom is 0.237 e. The Kier molecular flexibility index (Phi) is 4.88. The normalized spacial score (nSPS) is 21.2. The third-order valence-electron chi connectivity index (χ3n) is 2.63. The van der Waals surface area contributed by atoms with Crippen LogP contribution in [0.15, 0.2) is 0 Å². The highest BCUT2D eigenvalue weighted by Crippen LogP contribution is 2.15. The summed E-state index contributed by atoms with van der Waals surface area (Å²) in [4.78, 5) is 23.9. The molecule has 0 bridgehead atoms. The molecular formula is C10H17ClN2O2. The first-order valence-electron chi connectivity index (χ1n) is 5.21. The minimum Gasteiger partial charge on any atom is -0.356 e. The summed E-state index contributed by atoms with van der Waals surface area (Å²) in [5.74, 6) is 0.391. The van der Waals surface area contributed by atoms with Crippen molar-refractivity contribution in [2.75, 3.05) is 25.5 Å². The lowest BCUT2D eigenvalue weighted by molar-refractivity contribution is -0.130. The van der Waals surface area contributed by atoms with Crippen molar-refractivity contribution in [2.24, 2.45) is 5.92 Å². The Morgan fingerprint density at radius 2 is 2.27 bits per heavy atom. The molecule has 1 aliphatic heterocycles. The van der Waals surface area contributed by atoms with E-state index in [0.717, 1.165) is 19.4 Å². The van der Waals surface area contributed by atoms with E-state index in [-0.39, 0.29) is 17.7 Å². The molecule has 86 valence electrons. The van der Waals surface area contributed by atoms with E-state index in [1.54, 1.807) is 4.90 Å². The van der Waals surface area contributed by atoms with E-state index in [1.165, 1.54) is 6.92 Å². The van der Waals surface area contributed by atoms with Crippen LogP contribution in [0, 0.1) is 5.92 Å². The molecule has 1 atom stereocenters. The molecule has 5 heteroatoms. The minimum absolute atomic E-state index is 0.0100. The second-order valence-electron chi connectivity index (χ2n) is 3.92. The zero-order chi connectivity index (χ0) is 11.3. The van der Waals surface area contributed by atoms with Crippen LogP contribution in [-0.2, 0) is 9.59 Å². The average molecular weight is 233 g/mol. The van der Waals surface area contributed by atoms with Gasteiger partial charge in [-0.25, -0.2) is 0 Å². The highest BCUT2D eigenvalue weighted by Gasteiger charge is 2.22. The third kappa shape index (κ3) is 4.08. The minimum atomic E-state index is -0.0178. The van der Waals surface area contributed by atoms with Crippen LogP contribution < -0.4 is 5.32 Å². The number of nitrogens with zero attached hydrogens (tertiary/aromatic N) is 1. The molecule has 0 aromatic carbocycles. The molecule has 1 fully saturated rings. The second kappa shape index (κ2) is 5.95. The first kappa shape index (κ1) is 12.3. The summed E-state index contributed by atoms with van der Waals surface area (Å²) >= 11 is 5.50. The predicted octanol–water partition coefficient (Wildman–Crippen LogP) is 0.600. The molecule has 1 rings (SSSR count). The summed E-state index contributed by atoms with van der Waals surface area (Å²) in [6, 6.07) is 0. The van der Waals surface area contributed by atoms with Crippen LogP contribution in [0.2, 0.25) is 0 Å². The molecule has 0 aliphatic carbocycles. The van der Waals surface area contributed by atoms with Gasteiger partial charge < -0.3 is 10.2 Å². The molecule has 0 aromatic heterocycles. The van der Waals surface area contributed by atoms with Crippen molar-refractivity contribution in [3.8, 4) is 0 Å². The fourth-order valence-electron chi connectivity index (χ4n) is 1.83. The first-order valence-corrected chi connectivity index (χ1v) is 5.75. The molecule has 15 heavy (non-hydrogen) atoms. The summed E-state index contributed by atoms with van der Waals surface area (Å²) in [6.45, 7) is 3.67. The van der Waals surface area contributed by atoms with Crippen molar-refractivity contribution in [3.05, 3.63) is 0 Å². The van der Waals surface area contributed by atoms with Gasteiger partial charge in [-0.05, 0) is 18.8 Å². The van der Waals surface area contributed by atoms with Gasteiger partial charge in [0.15, 0.2) is 0 Å². The van der Waals surface area contributed by atoms with E-state index >= 15 is 0 Å². The van der Waals surface area contributed by atoms with Gasteiger partial charge in [0.25, 0.3) is 0 Å². The van der Waals surface area contributed by atoms with E-state index in [1.807, 2.05) is 0 Å². The molecule has 1 heterocycles.